The van der Waals surface area contributed by atoms with Gasteiger partial charge in [-0.1, -0.05) is 0 Å². The van der Waals surface area contributed by atoms with E-state index < -0.39 is 0 Å². The van der Waals surface area contributed by atoms with Crippen molar-refractivity contribution in [2.75, 3.05) is 19.6 Å². The molecule has 1 N–H and O–H groups in total. The number of nitrogens with one attached hydrogen (secondary N) is 1. The first-order chi connectivity index (χ1) is 3.39. The van der Waals surface area contributed by atoms with Crippen LogP contribution in [0.5, 0.6) is 0 Å². The van der Waals surface area contributed by atoms with Gasteiger partial charge >= 0.3 is 0 Å². The summed E-state index contributed by atoms with van der Waals surface area (Å²) in [5.41, 5.74) is 0. The molecule has 1 radical (unpaired) electrons. The molecule has 41 valence electrons. The van der Waals surface area contributed by atoms with Gasteiger partial charge in [0.2, 0.25) is 0 Å². The predicted molar refractivity (Wildman–Crippen MR) is 29.3 cm³/mol. The molecule has 1 aliphatic rings. The lowest BCUT2D eigenvalue weighted by atomic mass is 10.3. The summed E-state index contributed by atoms with van der Waals surface area (Å²) in [7, 11) is 0. The third-order valence-corrected chi connectivity index (χ3v) is 1.17. The minimum atomic E-state index is 0.619. The van der Waals surface area contributed by atoms with Gasteiger partial charge in [0.15, 0.2) is 0 Å². The van der Waals surface area contributed by atoms with Crippen molar-refractivity contribution in [2.45, 2.75) is 13.0 Å². The standard InChI is InChI=1S/C5H11N2/c1-5-4-6-2-3-7-5/h5,7H,2-4H2,1H3/t5-/m1/s1. The Bertz CT molecular complexity index is 48.0. The molecule has 0 saturated carbocycles. The molecule has 0 aromatic rings. The summed E-state index contributed by atoms with van der Waals surface area (Å²) in [6.45, 7) is 5.23. The van der Waals surface area contributed by atoms with E-state index in [1.165, 1.54) is 0 Å². The normalized spacial score (nSPS) is 33.0. The molecule has 0 unspecified atom stereocenters. The predicted octanol–water partition coefficient (Wildman–Crippen LogP) is -0.417. The molecule has 1 aliphatic heterocycles. The van der Waals surface area contributed by atoms with E-state index >= 15 is 0 Å². The van der Waals surface area contributed by atoms with E-state index in [4.69, 9.17) is 0 Å². The average Bonchev–Trinajstić information content (AvgIpc) is 1.69. The highest BCUT2D eigenvalue weighted by atomic mass is 15.0. The third kappa shape index (κ3) is 1.45. The summed E-state index contributed by atoms with van der Waals surface area (Å²) in [6, 6.07) is 0.619. The van der Waals surface area contributed by atoms with E-state index in [1.54, 1.807) is 0 Å². The maximum Gasteiger partial charge on any atom is 0.0285 e. The molecule has 0 aromatic heterocycles. The Balaban J connectivity index is 2.12. The second kappa shape index (κ2) is 2.28. The molecule has 0 aliphatic carbocycles. The van der Waals surface area contributed by atoms with Crippen molar-refractivity contribution >= 4 is 0 Å². The van der Waals surface area contributed by atoms with Crippen molar-refractivity contribution in [1.82, 2.24) is 10.6 Å². The van der Waals surface area contributed by atoms with Crippen LogP contribution in [0.15, 0.2) is 0 Å². The van der Waals surface area contributed by atoms with Crippen LogP contribution in [0, 0.1) is 0 Å². The summed E-state index contributed by atoms with van der Waals surface area (Å²) in [4.78, 5) is 0. The van der Waals surface area contributed by atoms with Crippen LogP contribution in [0.1, 0.15) is 6.92 Å². The van der Waals surface area contributed by atoms with Crippen molar-refractivity contribution in [3.05, 3.63) is 0 Å². The zero-order chi connectivity index (χ0) is 5.11. The molecule has 0 amide bonds. The van der Waals surface area contributed by atoms with Crippen LogP contribution in [0.25, 0.3) is 0 Å². The highest BCUT2D eigenvalue weighted by Gasteiger charge is 2.04. The minimum Gasteiger partial charge on any atom is -0.312 e. The fourth-order valence-electron chi connectivity index (χ4n) is 0.739. The van der Waals surface area contributed by atoms with E-state index in [0.29, 0.717) is 6.04 Å². The van der Waals surface area contributed by atoms with Crippen LogP contribution in [0.4, 0.5) is 0 Å². The van der Waals surface area contributed by atoms with Crippen LogP contribution >= 0.6 is 0 Å². The van der Waals surface area contributed by atoms with Crippen LogP contribution < -0.4 is 10.6 Å². The molecule has 0 aromatic carbocycles. The first-order valence-electron chi connectivity index (χ1n) is 2.76. The van der Waals surface area contributed by atoms with E-state index in [2.05, 4.69) is 17.6 Å². The highest BCUT2D eigenvalue weighted by Crippen LogP contribution is 1.82. The maximum atomic E-state index is 4.20. The summed E-state index contributed by atoms with van der Waals surface area (Å²) in [5, 5.41) is 7.48. The molecule has 1 rings (SSSR count). The molecular formula is C5H11N2. The van der Waals surface area contributed by atoms with E-state index in [0.717, 1.165) is 19.6 Å². The van der Waals surface area contributed by atoms with Gasteiger partial charge in [-0.15, -0.1) is 0 Å². The van der Waals surface area contributed by atoms with Gasteiger partial charge in [-0.05, 0) is 6.92 Å². The molecule has 1 heterocycles. The SMILES string of the molecule is C[C@@H]1C[N]CCN1. The second-order valence-electron chi connectivity index (χ2n) is 1.98. The Labute approximate surface area is 44.3 Å². The van der Waals surface area contributed by atoms with Crippen molar-refractivity contribution in [1.29, 1.82) is 0 Å². The van der Waals surface area contributed by atoms with Crippen LogP contribution in [-0.4, -0.2) is 25.7 Å². The lowest BCUT2D eigenvalue weighted by molar-refractivity contribution is 0.436. The summed E-state index contributed by atoms with van der Waals surface area (Å²) < 4.78 is 0. The molecule has 1 atom stereocenters. The Morgan fingerprint density at radius 2 is 2.57 bits per heavy atom. The van der Waals surface area contributed by atoms with Gasteiger partial charge in [-0.25, -0.2) is 5.32 Å². The number of piperazine rings is 1. The van der Waals surface area contributed by atoms with Crippen molar-refractivity contribution in [2.24, 2.45) is 0 Å². The monoisotopic (exact) mass is 99.1 g/mol. The Hall–Kier alpha value is -0.0800. The quantitative estimate of drug-likeness (QED) is 0.438. The van der Waals surface area contributed by atoms with Gasteiger partial charge in [0.05, 0.1) is 0 Å². The first-order valence-corrected chi connectivity index (χ1v) is 2.76. The van der Waals surface area contributed by atoms with Gasteiger partial charge in [-0.2, -0.15) is 0 Å². The van der Waals surface area contributed by atoms with Gasteiger partial charge in [-0.3, -0.25) is 0 Å². The Morgan fingerprint density at radius 3 is 2.86 bits per heavy atom. The smallest absolute Gasteiger partial charge is 0.0285 e. The third-order valence-electron chi connectivity index (χ3n) is 1.17. The Kier molecular flexibility index (Phi) is 1.65. The minimum absolute atomic E-state index is 0.619. The molecule has 1 fully saturated rings. The van der Waals surface area contributed by atoms with Crippen LogP contribution in [-0.2, 0) is 0 Å². The van der Waals surface area contributed by atoms with Gasteiger partial charge in [0.1, 0.15) is 0 Å². The van der Waals surface area contributed by atoms with Gasteiger partial charge < -0.3 is 5.32 Å². The second-order valence-corrected chi connectivity index (χ2v) is 1.98. The lowest BCUT2D eigenvalue weighted by Gasteiger charge is -2.18. The molecule has 0 spiro atoms. The molecule has 2 nitrogen and oxygen atoms in total. The number of nitrogens with zero attached hydrogens (tertiary/aromatic N) is 1. The molecule has 7 heavy (non-hydrogen) atoms. The zero-order valence-corrected chi connectivity index (χ0v) is 4.65. The van der Waals surface area contributed by atoms with E-state index in [9.17, 15) is 0 Å². The van der Waals surface area contributed by atoms with Crippen molar-refractivity contribution in [3.63, 3.8) is 0 Å². The number of hydrogen-bond acceptors (Lipinski definition) is 1. The zero-order valence-electron chi connectivity index (χ0n) is 4.65. The Morgan fingerprint density at radius 1 is 1.71 bits per heavy atom. The van der Waals surface area contributed by atoms with Crippen molar-refractivity contribution < 1.29 is 0 Å². The lowest BCUT2D eigenvalue weighted by Crippen LogP contribution is -2.42. The number of hydrogen-bond donors (Lipinski definition) is 1. The van der Waals surface area contributed by atoms with E-state index in [1.807, 2.05) is 0 Å². The maximum absolute atomic E-state index is 4.20. The van der Waals surface area contributed by atoms with Crippen molar-refractivity contribution in [3.8, 4) is 0 Å². The largest absolute Gasteiger partial charge is 0.312 e. The van der Waals surface area contributed by atoms with Gasteiger partial charge in [0.25, 0.3) is 0 Å². The number of rotatable bonds is 0. The van der Waals surface area contributed by atoms with E-state index in [-0.39, 0.29) is 0 Å². The highest BCUT2D eigenvalue weighted by molar-refractivity contribution is 4.69. The first kappa shape index (κ1) is 5.06. The molecule has 0 bridgehead atoms. The summed E-state index contributed by atoms with van der Waals surface area (Å²) in [6.07, 6.45) is 0. The molecule has 1 saturated heterocycles. The van der Waals surface area contributed by atoms with Crippen LogP contribution in [0.3, 0.4) is 0 Å². The topological polar surface area (TPSA) is 26.1 Å². The fraction of sp³-hybridized carbons (Fsp3) is 1.00. The van der Waals surface area contributed by atoms with Crippen LogP contribution in [0.2, 0.25) is 0 Å². The summed E-state index contributed by atoms with van der Waals surface area (Å²) in [5.74, 6) is 0. The molecule has 2 heteroatoms. The summed E-state index contributed by atoms with van der Waals surface area (Å²) >= 11 is 0. The molecular weight excluding hydrogens is 88.1 g/mol. The fourth-order valence-corrected chi connectivity index (χ4v) is 0.739. The van der Waals surface area contributed by atoms with Gasteiger partial charge in [0, 0.05) is 25.7 Å². The average molecular weight is 99.2 g/mol.